The quantitative estimate of drug-likeness (QED) is 0.784. The summed E-state index contributed by atoms with van der Waals surface area (Å²) in [7, 11) is 0. The summed E-state index contributed by atoms with van der Waals surface area (Å²) < 4.78 is 0. The SMILES string of the molecule is CC(C)CCCNC(=O)C1CC1c1ccccc1Cl. The number of halogens is 1. The zero-order valence-corrected chi connectivity index (χ0v) is 12.4. The molecule has 0 heterocycles. The standard InChI is InChI=1S/C16H22ClNO/c1-11(2)6-5-9-18-16(19)14-10-13(14)12-7-3-4-8-15(12)17/h3-4,7-8,11,13-14H,5-6,9-10H2,1-2H3,(H,18,19). The molecule has 19 heavy (non-hydrogen) atoms. The Labute approximate surface area is 120 Å². The van der Waals surface area contributed by atoms with Gasteiger partial charge in [0.1, 0.15) is 0 Å². The van der Waals surface area contributed by atoms with Crippen molar-refractivity contribution in [3.05, 3.63) is 34.9 Å². The van der Waals surface area contributed by atoms with Crippen LogP contribution in [-0.4, -0.2) is 12.5 Å². The van der Waals surface area contributed by atoms with Gasteiger partial charge in [0.2, 0.25) is 5.91 Å². The molecule has 1 aromatic rings. The van der Waals surface area contributed by atoms with Gasteiger partial charge in [0.25, 0.3) is 0 Å². The van der Waals surface area contributed by atoms with Crippen LogP contribution in [0.3, 0.4) is 0 Å². The number of hydrogen-bond donors (Lipinski definition) is 1. The third kappa shape index (κ3) is 3.97. The Kier molecular flexibility index (Phi) is 4.87. The number of carbonyl (C=O) groups is 1. The van der Waals surface area contributed by atoms with E-state index in [4.69, 9.17) is 11.6 Å². The highest BCUT2D eigenvalue weighted by atomic mass is 35.5. The second kappa shape index (κ2) is 6.42. The fourth-order valence-electron chi connectivity index (χ4n) is 2.46. The van der Waals surface area contributed by atoms with Gasteiger partial charge in [0.05, 0.1) is 0 Å². The van der Waals surface area contributed by atoms with E-state index in [0.717, 1.165) is 30.0 Å². The molecule has 1 N–H and O–H groups in total. The Morgan fingerprint density at radius 3 is 2.84 bits per heavy atom. The zero-order chi connectivity index (χ0) is 13.8. The molecule has 0 bridgehead atoms. The lowest BCUT2D eigenvalue weighted by Crippen LogP contribution is -2.26. The van der Waals surface area contributed by atoms with Crippen molar-refractivity contribution >= 4 is 17.5 Å². The first-order chi connectivity index (χ1) is 9.09. The summed E-state index contributed by atoms with van der Waals surface area (Å²) in [5, 5.41) is 3.82. The molecule has 2 unspecified atom stereocenters. The highest BCUT2D eigenvalue weighted by molar-refractivity contribution is 6.31. The number of hydrogen-bond acceptors (Lipinski definition) is 1. The van der Waals surface area contributed by atoms with Gasteiger partial charge in [-0.2, -0.15) is 0 Å². The van der Waals surface area contributed by atoms with Gasteiger partial charge in [-0.15, -0.1) is 0 Å². The molecule has 1 amide bonds. The van der Waals surface area contributed by atoms with E-state index < -0.39 is 0 Å². The average molecular weight is 280 g/mol. The summed E-state index contributed by atoms with van der Waals surface area (Å²) in [6.07, 6.45) is 3.16. The molecule has 0 radical (unpaired) electrons. The first-order valence-corrected chi connectivity index (χ1v) is 7.49. The molecule has 1 aromatic carbocycles. The average Bonchev–Trinajstić information content (AvgIpc) is 3.15. The van der Waals surface area contributed by atoms with Crippen LogP contribution in [0.2, 0.25) is 5.02 Å². The van der Waals surface area contributed by atoms with Gasteiger partial charge < -0.3 is 5.32 Å². The van der Waals surface area contributed by atoms with Gasteiger partial charge >= 0.3 is 0 Å². The van der Waals surface area contributed by atoms with Gasteiger partial charge in [0, 0.05) is 17.5 Å². The molecule has 2 nitrogen and oxygen atoms in total. The van der Waals surface area contributed by atoms with Gasteiger partial charge in [-0.3, -0.25) is 4.79 Å². The third-order valence-electron chi connectivity index (χ3n) is 3.69. The van der Waals surface area contributed by atoms with E-state index in [1.165, 1.54) is 6.42 Å². The molecule has 0 spiro atoms. The fraction of sp³-hybridized carbons (Fsp3) is 0.562. The van der Waals surface area contributed by atoms with Crippen LogP contribution in [0.5, 0.6) is 0 Å². The first kappa shape index (κ1) is 14.4. The maximum absolute atomic E-state index is 12.0. The zero-order valence-electron chi connectivity index (χ0n) is 11.7. The van der Waals surface area contributed by atoms with Crippen LogP contribution < -0.4 is 5.32 Å². The second-order valence-corrected chi connectivity index (χ2v) is 6.20. The number of benzene rings is 1. The molecular formula is C16H22ClNO. The summed E-state index contributed by atoms with van der Waals surface area (Å²) in [6.45, 7) is 5.20. The smallest absolute Gasteiger partial charge is 0.223 e. The molecule has 1 aliphatic rings. The van der Waals surface area contributed by atoms with Crippen LogP contribution in [-0.2, 0) is 4.79 Å². The summed E-state index contributed by atoms with van der Waals surface area (Å²) in [5.74, 6) is 1.33. The maximum atomic E-state index is 12.0. The lowest BCUT2D eigenvalue weighted by Gasteiger charge is -2.07. The normalized spacial score (nSPS) is 21.5. The predicted molar refractivity (Wildman–Crippen MR) is 79.4 cm³/mol. The van der Waals surface area contributed by atoms with E-state index >= 15 is 0 Å². The lowest BCUT2D eigenvalue weighted by atomic mass is 10.1. The van der Waals surface area contributed by atoms with E-state index in [2.05, 4.69) is 19.2 Å². The minimum atomic E-state index is 0.124. The molecule has 3 heteroatoms. The van der Waals surface area contributed by atoms with Crippen molar-refractivity contribution < 1.29 is 4.79 Å². The van der Waals surface area contributed by atoms with Crippen molar-refractivity contribution in [2.24, 2.45) is 11.8 Å². The Balaban J connectivity index is 1.76. The molecular weight excluding hydrogens is 258 g/mol. The fourth-order valence-corrected chi connectivity index (χ4v) is 2.73. The number of carbonyl (C=O) groups excluding carboxylic acids is 1. The number of nitrogens with one attached hydrogen (secondary N) is 1. The van der Waals surface area contributed by atoms with Crippen molar-refractivity contribution in [3.8, 4) is 0 Å². The van der Waals surface area contributed by atoms with Crippen LogP contribution in [0.25, 0.3) is 0 Å². The van der Waals surface area contributed by atoms with Crippen LogP contribution in [0.4, 0.5) is 0 Å². The van der Waals surface area contributed by atoms with Crippen LogP contribution in [0.1, 0.15) is 44.6 Å². The van der Waals surface area contributed by atoms with E-state index in [9.17, 15) is 4.79 Å². The molecule has 104 valence electrons. The summed E-state index contributed by atoms with van der Waals surface area (Å²) in [4.78, 5) is 12.0. The van der Waals surface area contributed by atoms with Gasteiger partial charge in [-0.25, -0.2) is 0 Å². The van der Waals surface area contributed by atoms with E-state index in [-0.39, 0.29) is 11.8 Å². The highest BCUT2D eigenvalue weighted by Gasteiger charge is 2.44. The molecule has 0 aliphatic heterocycles. The van der Waals surface area contributed by atoms with E-state index in [0.29, 0.717) is 11.8 Å². The Bertz CT molecular complexity index is 444. The summed E-state index contributed by atoms with van der Waals surface area (Å²) in [6, 6.07) is 7.83. The van der Waals surface area contributed by atoms with Crippen molar-refractivity contribution in [3.63, 3.8) is 0 Å². The lowest BCUT2D eigenvalue weighted by molar-refractivity contribution is -0.122. The summed E-state index contributed by atoms with van der Waals surface area (Å²) >= 11 is 6.16. The molecule has 1 saturated carbocycles. The maximum Gasteiger partial charge on any atom is 0.223 e. The summed E-state index contributed by atoms with van der Waals surface area (Å²) in [5.41, 5.74) is 1.12. The van der Waals surface area contributed by atoms with Crippen molar-refractivity contribution in [1.29, 1.82) is 0 Å². The number of rotatable bonds is 6. The molecule has 1 fully saturated rings. The second-order valence-electron chi connectivity index (χ2n) is 5.80. The highest BCUT2D eigenvalue weighted by Crippen LogP contribution is 2.49. The van der Waals surface area contributed by atoms with Crippen molar-refractivity contribution in [2.75, 3.05) is 6.54 Å². The van der Waals surface area contributed by atoms with Gasteiger partial charge in [-0.1, -0.05) is 43.6 Å². The molecule has 0 saturated heterocycles. The van der Waals surface area contributed by atoms with Crippen molar-refractivity contribution in [2.45, 2.75) is 39.0 Å². The molecule has 2 rings (SSSR count). The van der Waals surface area contributed by atoms with Gasteiger partial charge in [-0.05, 0) is 42.7 Å². The minimum absolute atomic E-state index is 0.124. The molecule has 2 atom stereocenters. The monoisotopic (exact) mass is 279 g/mol. The van der Waals surface area contributed by atoms with E-state index in [1.54, 1.807) is 0 Å². The Morgan fingerprint density at radius 2 is 2.16 bits per heavy atom. The predicted octanol–water partition coefficient (Wildman–Crippen LogP) is 4.00. The topological polar surface area (TPSA) is 29.1 Å². The molecule has 1 aliphatic carbocycles. The largest absolute Gasteiger partial charge is 0.356 e. The third-order valence-corrected chi connectivity index (χ3v) is 4.03. The number of amides is 1. The van der Waals surface area contributed by atoms with Crippen LogP contribution >= 0.6 is 11.6 Å². The van der Waals surface area contributed by atoms with Gasteiger partial charge in [0.15, 0.2) is 0 Å². The van der Waals surface area contributed by atoms with Crippen LogP contribution in [0, 0.1) is 11.8 Å². The van der Waals surface area contributed by atoms with Crippen molar-refractivity contribution in [1.82, 2.24) is 5.32 Å². The molecule has 0 aromatic heterocycles. The van der Waals surface area contributed by atoms with E-state index in [1.807, 2.05) is 24.3 Å². The minimum Gasteiger partial charge on any atom is -0.356 e. The Morgan fingerprint density at radius 1 is 1.42 bits per heavy atom. The first-order valence-electron chi connectivity index (χ1n) is 7.11. The Hall–Kier alpha value is -1.02. The van der Waals surface area contributed by atoms with Crippen LogP contribution in [0.15, 0.2) is 24.3 Å².